The Morgan fingerprint density at radius 2 is 2.08 bits per heavy atom. The van der Waals surface area contributed by atoms with Gasteiger partial charge in [0.05, 0.1) is 18.7 Å². The summed E-state index contributed by atoms with van der Waals surface area (Å²) in [6.45, 7) is 1.97. The Bertz CT molecular complexity index is 861. The van der Waals surface area contributed by atoms with Crippen molar-refractivity contribution in [1.82, 2.24) is 30.8 Å². The molecule has 1 aromatic carbocycles. The van der Waals surface area contributed by atoms with Crippen molar-refractivity contribution in [2.24, 2.45) is 7.05 Å². The maximum Gasteiger partial charge on any atom is 0.338 e. The van der Waals surface area contributed by atoms with Crippen molar-refractivity contribution in [3.8, 4) is 0 Å². The second kappa shape index (κ2) is 7.56. The van der Waals surface area contributed by atoms with Gasteiger partial charge >= 0.3 is 12.0 Å². The number of ether oxygens (including phenoxy) is 1. The normalized spacial score (nSPS) is 16.9. The number of thioether (sulfide) groups is 1. The van der Waals surface area contributed by atoms with Gasteiger partial charge in [-0.2, -0.15) is 0 Å². The molecule has 1 atom stereocenters. The summed E-state index contributed by atoms with van der Waals surface area (Å²) in [5.41, 5.74) is 2.72. The molecule has 0 bridgehead atoms. The molecule has 2 heterocycles. The number of nitrogens with one attached hydrogen (secondary N) is 2. The largest absolute Gasteiger partial charge is 0.466 e. The first-order valence-corrected chi connectivity index (χ1v) is 8.78. The van der Waals surface area contributed by atoms with E-state index in [1.165, 1.54) is 23.6 Å². The molecule has 0 saturated heterocycles. The molecule has 0 fully saturated rings. The summed E-state index contributed by atoms with van der Waals surface area (Å²) in [6, 6.07) is 6.65. The number of aryl methyl sites for hydroxylation is 2. The third kappa shape index (κ3) is 3.69. The van der Waals surface area contributed by atoms with Gasteiger partial charge in [-0.3, -0.25) is 0 Å². The van der Waals surface area contributed by atoms with Crippen LogP contribution in [0.15, 0.2) is 40.7 Å². The Balaban J connectivity index is 1.97. The molecule has 0 radical (unpaired) electrons. The van der Waals surface area contributed by atoms with Crippen LogP contribution >= 0.6 is 11.8 Å². The molecule has 9 nitrogen and oxygen atoms in total. The molecule has 10 heteroatoms. The van der Waals surface area contributed by atoms with Crippen molar-refractivity contribution in [1.29, 1.82) is 0 Å². The van der Waals surface area contributed by atoms with Crippen molar-refractivity contribution in [2.45, 2.75) is 18.1 Å². The maximum atomic E-state index is 12.4. The molecule has 2 aromatic rings. The highest BCUT2D eigenvalue weighted by Crippen LogP contribution is 2.30. The van der Waals surface area contributed by atoms with Crippen molar-refractivity contribution in [3.63, 3.8) is 0 Å². The molecule has 1 aromatic heterocycles. The first kappa shape index (κ1) is 17.9. The lowest BCUT2D eigenvalue weighted by molar-refractivity contribution is -0.136. The first-order chi connectivity index (χ1) is 12.5. The van der Waals surface area contributed by atoms with Crippen molar-refractivity contribution in [2.75, 3.05) is 12.9 Å². The number of carbonyl (C=O) groups excluding carboxylic acids is 2. The van der Waals surface area contributed by atoms with E-state index in [1.807, 2.05) is 31.2 Å². The zero-order valence-electron chi connectivity index (χ0n) is 14.5. The quantitative estimate of drug-likeness (QED) is 0.595. The van der Waals surface area contributed by atoms with E-state index in [0.29, 0.717) is 22.2 Å². The van der Waals surface area contributed by atoms with Crippen LogP contribution in [0.4, 0.5) is 4.79 Å². The molecule has 0 unspecified atom stereocenters. The Morgan fingerprint density at radius 1 is 1.35 bits per heavy atom. The van der Waals surface area contributed by atoms with E-state index in [2.05, 4.69) is 26.2 Å². The Hall–Kier alpha value is -2.88. The monoisotopic (exact) mass is 374 g/mol. The number of nitrogens with zero attached hydrogens (tertiary/aromatic N) is 4. The topological polar surface area (TPSA) is 111 Å². The summed E-state index contributed by atoms with van der Waals surface area (Å²) in [6.07, 6.45) is 0. The van der Waals surface area contributed by atoms with E-state index in [-0.39, 0.29) is 6.03 Å². The predicted octanol–water partition coefficient (Wildman–Crippen LogP) is 1.09. The number of esters is 1. The van der Waals surface area contributed by atoms with Gasteiger partial charge in [0.2, 0.25) is 5.16 Å². The summed E-state index contributed by atoms with van der Waals surface area (Å²) >= 11 is 1.31. The van der Waals surface area contributed by atoms with E-state index in [9.17, 15) is 9.59 Å². The molecule has 0 saturated carbocycles. The lowest BCUT2D eigenvalue weighted by Gasteiger charge is -2.29. The van der Waals surface area contributed by atoms with Crippen LogP contribution < -0.4 is 10.6 Å². The van der Waals surface area contributed by atoms with Crippen LogP contribution in [-0.4, -0.2) is 45.1 Å². The Labute approximate surface area is 154 Å². The van der Waals surface area contributed by atoms with Gasteiger partial charge in [-0.25, -0.2) is 14.3 Å². The Morgan fingerprint density at radius 3 is 2.69 bits per heavy atom. The number of methoxy groups -OCH3 is 1. The van der Waals surface area contributed by atoms with Crippen molar-refractivity contribution < 1.29 is 14.3 Å². The fraction of sp³-hybridized carbons (Fsp3) is 0.312. The van der Waals surface area contributed by atoms with E-state index in [1.54, 1.807) is 7.05 Å². The van der Waals surface area contributed by atoms with Gasteiger partial charge in [-0.15, -0.1) is 5.10 Å². The molecular weight excluding hydrogens is 356 g/mol. The second-order valence-corrected chi connectivity index (χ2v) is 6.64. The van der Waals surface area contributed by atoms with Crippen molar-refractivity contribution in [3.05, 3.63) is 46.7 Å². The molecule has 26 heavy (non-hydrogen) atoms. The van der Waals surface area contributed by atoms with Gasteiger partial charge in [-0.05, 0) is 22.9 Å². The molecule has 2 amide bonds. The molecule has 0 spiro atoms. The zero-order valence-corrected chi connectivity index (χ0v) is 15.3. The lowest BCUT2D eigenvalue weighted by atomic mass is 9.95. The number of amides is 2. The van der Waals surface area contributed by atoms with E-state index in [0.717, 1.165) is 11.1 Å². The molecule has 3 rings (SSSR count). The smallest absolute Gasteiger partial charge is 0.338 e. The standard InChI is InChI=1S/C16H18N6O3S/c1-9-4-6-10(7-5-9)13-12(14(23)25-3)11(17-15(24)18-13)8-26-16-19-20-21-22(16)2/h4-7,13H,8H2,1-3H3,(H2,17,18,24)/t13-/m0/s1. The minimum absolute atomic E-state index is 0.314. The van der Waals surface area contributed by atoms with Gasteiger partial charge in [0.25, 0.3) is 0 Å². The predicted molar refractivity (Wildman–Crippen MR) is 94.2 cm³/mol. The SMILES string of the molecule is COC(=O)C1=C(CSc2nnnn2C)NC(=O)N[C@H]1c1ccc(C)cc1. The van der Waals surface area contributed by atoms with Gasteiger partial charge in [0.1, 0.15) is 0 Å². The van der Waals surface area contributed by atoms with E-state index < -0.39 is 12.0 Å². The number of aromatic nitrogens is 4. The van der Waals surface area contributed by atoms with Gasteiger partial charge < -0.3 is 15.4 Å². The van der Waals surface area contributed by atoms with Gasteiger partial charge in [-0.1, -0.05) is 41.6 Å². The highest BCUT2D eigenvalue weighted by molar-refractivity contribution is 7.99. The highest BCUT2D eigenvalue weighted by atomic mass is 32.2. The minimum atomic E-state index is -0.593. The second-order valence-electron chi connectivity index (χ2n) is 5.70. The molecular formula is C16H18N6O3S. The van der Waals surface area contributed by atoms with Crippen LogP contribution in [-0.2, 0) is 16.6 Å². The third-order valence-electron chi connectivity index (χ3n) is 3.90. The van der Waals surface area contributed by atoms with Crippen LogP contribution in [0.25, 0.3) is 0 Å². The summed E-state index contributed by atoms with van der Waals surface area (Å²) in [7, 11) is 3.03. The van der Waals surface area contributed by atoms with Crippen LogP contribution in [0, 0.1) is 6.92 Å². The molecule has 136 valence electrons. The summed E-state index contributed by atoms with van der Waals surface area (Å²) in [5, 5.41) is 17.3. The third-order valence-corrected chi connectivity index (χ3v) is 4.93. The number of benzene rings is 1. The molecule has 2 N–H and O–H groups in total. The van der Waals surface area contributed by atoms with Crippen molar-refractivity contribution >= 4 is 23.8 Å². The van der Waals surface area contributed by atoms with E-state index in [4.69, 9.17) is 4.74 Å². The average Bonchev–Trinajstić information content (AvgIpc) is 3.04. The molecule has 0 aliphatic carbocycles. The zero-order chi connectivity index (χ0) is 18.7. The number of urea groups is 1. The minimum Gasteiger partial charge on any atom is -0.466 e. The number of rotatable bonds is 5. The number of hydrogen-bond acceptors (Lipinski definition) is 7. The van der Waals surface area contributed by atoms with Crippen LogP contribution in [0.2, 0.25) is 0 Å². The average molecular weight is 374 g/mol. The highest BCUT2D eigenvalue weighted by Gasteiger charge is 2.33. The summed E-state index contributed by atoms with van der Waals surface area (Å²) in [5.74, 6) is -0.191. The summed E-state index contributed by atoms with van der Waals surface area (Å²) in [4.78, 5) is 24.6. The van der Waals surface area contributed by atoms with Crippen LogP contribution in [0.3, 0.4) is 0 Å². The van der Waals surface area contributed by atoms with Gasteiger partial charge in [0.15, 0.2) is 0 Å². The fourth-order valence-corrected chi connectivity index (χ4v) is 3.39. The molecule has 1 aliphatic heterocycles. The van der Waals surface area contributed by atoms with E-state index >= 15 is 0 Å². The summed E-state index contributed by atoms with van der Waals surface area (Å²) < 4.78 is 6.47. The fourth-order valence-electron chi connectivity index (χ4n) is 2.57. The number of tetrazole rings is 1. The molecule has 1 aliphatic rings. The van der Waals surface area contributed by atoms with Crippen LogP contribution in [0.5, 0.6) is 0 Å². The number of carbonyl (C=O) groups is 2. The van der Waals surface area contributed by atoms with Gasteiger partial charge in [0, 0.05) is 18.5 Å². The first-order valence-electron chi connectivity index (χ1n) is 7.80. The maximum absolute atomic E-state index is 12.4. The lowest BCUT2D eigenvalue weighted by Crippen LogP contribution is -2.46. The number of hydrogen-bond donors (Lipinski definition) is 2. The Kier molecular flexibility index (Phi) is 5.21. The van der Waals surface area contributed by atoms with Crippen LogP contribution in [0.1, 0.15) is 17.2 Å².